The first-order valence-electron chi connectivity index (χ1n) is 5.35. The van der Waals surface area contributed by atoms with Crippen LogP contribution >= 0.6 is 0 Å². The van der Waals surface area contributed by atoms with Crippen molar-refractivity contribution in [3.05, 3.63) is 0 Å². The summed E-state index contributed by atoms with van der Waals surface area (Å²) in [7, 11) is 3.49. The highest BCUT2D eigenvalue weighted by atomic mass is 16.5. The Hall–Kier alpha value is -0.630. The van der Waals surface area contributed by atoms with Gasteiger partial charge in [-0.2, -0.15) is 5.26 Å². The molecule has 0 heterocycles. The van der Waals surface area contributed by atoms with Crippen LogP contribution in [0.1, 0.15) is 26.2 Å². The van der Waals surface area contributed by atoms with E-state index in [1.165, 1.54) is 0 Å². The number of nitrogens with zero attached hydrogens (tertiary/aromatic N) is 1. The lowest BCUT2D eigenvalue weighted by molar-refractivity contribution is 0.0981. The van der Waals surface area contributed by atoms with Crippen LogP contribution in [0.5, 0.6) is 0 Å². The lowest BCUT2D eigenvalue weighted by Gasteiger charge is -2.20. The second-order valence-corrected chi connectivity index (χ2v) is 3.76. The number of nitrogens with one attached hydrogen (secondary N) is 1. The summed E-state index contributed by atoms with van der Waals surface area (Å²) in [5, 5.41) is 11.9. The lowest BCUT2D eigenvalue weighted by Crippen LogP contribution is -2.38. The van der Waals surface area contributed by atoms with Crippen LogP contribution < -0.4 is 5.32 Å². The van der Waals surface area contributed by atoms with E-state index in [0.717, 1.165) is 32.5 Å². The molecule has 0 aliphatic heterocycles. The maximum atomic E-state index is 8.89. The van der Waals surface area contributed by atoms with Crippen LogP contribution in [-0.2, 0) is 9.47 Å². The zero-order chi connectivity index (χ0) is 11.6. The molecule has 4 heteroatoms. The maximum absolute atomic E-state index is 8.89. The highest BCUT2D eigenvalue weighted by Crippen LogP contribution is 2.09. The number of nitriles is 1. The van der Waals surface area contributed by atoms with Crippen molar-refractivity contribution < 1.29 is 9.47 Å². The quantitative estimate of drug-likeness (QED) is 0.588. The molecule has 15 heavy (non-hydrogen) atoms. The second-order valence-electron chi connectivity index (χ2n) is 3.76. The van der Waals surface area contributed by atoms with E-state index in [0.29, 0.717) is 6.61 Å². The first kappa shape index (κ1) is 14.4. The molecule has 0 aromatic heterocycles. The Morgan fingerprint density at radius 3 is 2.47 bits per heavy atom. The van der Waals surface area contributed by atoms with E-state index in [9.17, 15) is 0 Å². The molecule has 0 bridgehead atoms. The summed E-state index contributed by atoms with van der Waals surface area (Å²) in [5.41, 5.74) is -0.421. The Morgan fingerprint density at radius 1 is 1.27 bits per heavy atom. The predicted octanol–water partition coefficient (Wildman–Crippen LogP) is 1.32. The van der Waals surface area contributed by atoms with Gasteiger partial charge in [0, 0.05) is 26.9 Å². The van der Waals surface area contributed by atoms with E-state index in [1.807, 2.05) is 14.0 Å². The van der Waals surface area contributed by atoms with Crippen LogP contribution in [0.15, 0.2) is 0 Å². The van der Waals surface area contributed by atoms with E-state index >= 15 is 0 Å². The maximum Gasteiger partial charge on any atom is 0.103 e. The smallest absolute Gasteiger partial charge is 0.103 e. The van der Waals surface area contributed by atoms with Crippen LogP contribution in [0.4, 0.5) is 0 Å². The SMILES string of the molecule is CNC(C)(C#N)CCCOCCCOC. The van der Waals surface area contributed by atoms with Gasteiger partial charge in [-0.3, -0.25) is 0 Å². The highest BCUT2D eigenvalue weighted by molar-refractivity contribution is 5.02. The fraction of sp³-hybridized carbons (Fsp3) is 0.909. The van der Waals surface area contributed by atoms with Crippen molar-refractivity contribution in [2.24, 2.45) is 0 Å². The molecule has 0 aliphatic rings. The third-order valence-electron chi connectivity index (χ3n) is 2.40. The van der Waals surface area contributed by atoms with E-state index in [4.69, 9.17) is 14.7 Å². The molecule has 1 atom stereocenters. The van der Waals surface area contributed by atoms with Gasteiger partial charge in [0.2, 0.25) is 0 Å². The molecule has 4 nitrogen and oxygen atoms in total. The zero-order valence-corrected chi connectivity index (χ0v) is 10.0. The van der Waals surface area contributed by atoms with Crippen LogP contribution in [0.3, 0.4) is 0 Å². The number of hydrogen-bond acceptors (Lipinski definition) is 4. The third kappa shape index (κ3) is 7.32. The van der Waals surface area contributed by atoms with E-state index < -0.39 is 5.54 Å². The van der Waals surface area contributed by atoms with Gasteiger partial charge in [0.15, 0.2) is 0 Å². The molecule has 0 aliphatic carbocycles. The van der Waals surface area contributed by atoms with Crippen molar-refractivity contribution >= 4 is 0 Å². The lowest BCUT2D eigenvalue weighted by atomic mass is 9.98. The summed E-state index contributed by atoms with van der Waals surface area (Å²) in [5.74, 6) is 0. The van der Waals surface area contributed by atoms with Gasteiger partial charge in [0.1, 0.15) is 5.54 Å². The summed E-state index contributed by atoms with van der Waals surface area (Å²) < 4.78 is 10.3. The molecule has 0 radical (unpaired) electrons. The van der Waals surface area contributed by atoms with E-state index in [-0.39, 0.29) is 0 Å². The van der Waals surface area contributed by atoms with Crippen molar-refractivity contribution in [3.63, 3.8) is 0 Å². The van der Waals surface area contributed by atoms with Crippen molar-refractivity contribution in [2.75, 3.05) is 34.0 Å². The highest BCUT2D eigenvalue weighted by Gasteiger charge is 2.19. The van der Waals surface area contributed by atoms with E-state index in [2.05, 4.69) is 11.4 Å². The molecule has 0 aromatic rings. The molecule has 0 aromatic carbocycles. The van der Waals surface area contributed by atoms with E-state index in [1.54, 1.807) is 7.11 Å². The Morgan fingerprint density at radius 2 is 1.93 bits per heavy atom. The number of rotatable bonds is 9. The summed E-state index contributed by atoms with van der Waals surface area (Å²) in [6, 6.07) is 2.25. The minimum atomic E-state index is -0.421. The molecular weight excluding hydrogens is 192 g/mol. The van der Waals surface area contributed by atoms with Gasteiger partial charge in [-0.05, 0) is 33.2 Å². The largest absolute Gasteiger partial charge is 0.385 e. The van der Waals surface area contributed by atoms with Gasteiger partial charge < -0.3 is 14.8 Å². The van der Waals surface area contributed by atoms with Crippen molar-refractivity contribution in [2.45, 2.75) is 31.7 Å². The second kappa shape index (κ2) is 8.66. The Balaban J connectivity index is 3.35. The fourth-order valence-corrected chi connectivity index (χ4v) is 1.17. The van der Waals surface area contributed by atoms with Gasteiger partial charge in [-0.1, -0.05) is 0 Å². The Kier molecular flexibility index (Phi) is 8.30. The molecule has 0 amide bonds. The minimum Gasteiger partial charge on any atom is -0.385 e. The average Bonchev–Trinajstić information content (AvgIpc) is 2.27. The standard InChI is InChI=1S/C11H22N2O2/c1-11(10-12,13-2)6-4-8-15-9-5-7-14-3/h13H,4-9H2,1-3H3. The normalized spacial score (nSPS) is 14.5. The molecule has 1 unspecified atom stereocenters. The predicted molar refractivity (Wildman–Crippen MR) is 59.6 cm³/mol. The van der Waals surface area contributed by atoms with Gasteiger partial charge in [0.25, 0.3) is 0 Å². The average molecular weight is 214 g/mol. The van der Waals surface area contributed by atoms with Crippen LogP contribution in [0, 0.1) is 11.3 Å². The molecule has 0 fully saturated rings. The molecule has 0 saturated heterocycles. The fourth-order valence-electron chi connectivity index (χ4n) is 1.17. The van der Waals surface area contributed by atoms with Gasteiger partial charge >= 0.3 is 0 Å². The monoisotopic (exact) mass is 214 g/mol. The third-order valence-corrected chi connectivity index (χ3v) is 2.40. The van der Waals surface area contributed by atoms with Crippen molar-refractivity contribution in [1.29, 1.82) is 5.26 Å². The Labute approximate surface area is 92.6 Å². The minimum absolute atomic E-state index is 0.421. The first-order valence-corrected chi connectivity index (χ1v) is 5.35. The van der Waals surface area contributed by atoms with Crippen LogP contribution in [-0.4, -0.2) is 39.5 Å². The van der Waals surface area contributed by atoms with Crippen molar-refractivity contribution in [3.8, 4) is 6.07 Å². The molecule has 1 N–H and O–H groups in total. The molecule has 0 rings (SSSR count). The summed E-state index contributed by atoms with van der Waals surface area (Å²) in [6.45, 7) is 4.09. The Bertz CT molecular complexity index is 192. The summed E-state index contributed by atoms with van der Waals surface area (Å²) >= 11 is 0. The topological polar surface area (TPSA) is 54.3 Å². The number of methoxy groups -OCH3 is 1. The van der Waals surface area contributed by atoms with Crippen LogP contribution in [0.25, 0.3) is 0 Å². The molecule has 0 spiro atoms. The summed E-state index contributed by atoms with van der Waals surface area (Å²) in [6.07, 6.45) is 2.64. The number of ether oxygens (including phenoxy) is 2. The van der Waals surface area contributed by atoms with Gasteiger partial charge in [0.05, 0.1) is 6.07 Å². The summed E-state index contributed by atoms with van der Waals surface area (Å²) in [4.78, 5) is 0. The zero-order valence-electron chi connectivity index (χ0n) is 10.0. The number of hydrogen-bond donors (Lipinski definition) is 1. The molecular formula is C11H22N2O2. The van der Waals surface area contributed by atoms with Crippen molar-refractivity contribution in [1.82, 2.24) is 5.32 Å². The first-order chi connectivity index (χ1) is 7.18. The molecule has 88 valence electrons. The van der Waals surface area contributed by atoms with Crippen LogP contribution in [0.2, 0.25) is 0 Å². The van der Waals surface area contributed by atoms with Gasteiger partial charge in [-0.15, -0.1) is 0 Å². The van der Waals surface area contributed by atoms with Gasteiger partial charge in [-0.25, -0.2) is 0 Å². The molecule has 0 saturated carbocycles.